The second-order valence-electron chi connectivity index (χ2n) is 11.3. The second kappa shape index (κ2) is 18.9. The Kier molecular flexibility index (Phi) is 16.9. The zero-order valence-corrected chi connectivity index (χ0v) is 28.1. The maximum Gasteiger partial charge on any atom is 0.245 e. The minimum atomic E-state index is -4.16. The Morgan fingerprint density at radius 2 is 1.68 bits per heavy atom. The van der Waals surface area contributed by atoms with Crippen LogP contribution < -0.4 is 21.2 Å². The SMILES string of the molecule is CNCCC(=O)NN(CCC(O)(Cc1ccccc1)N(CC(C)C)S(=O)(=O)c1ccc(OC)cc1)C(C)CCCC(N)=O.Cl. The van der Waals surface area contributed by atoms with Crippen molar-refractivity contribution in [2.24, 2.45) is 11.7 Å². The van der Waals surface area contributed by atoms with Crippen LogP contribution in [0.2, 0.25) is 0 Å². The molecule has 0 aliphatic carbocycles. The largest absolute Gasteiger partial charge is 0.497 e. The summed E-state index contributed by atoms with van der Waals surface area (Å²) in [6.45, 7) is 6.41. The van der Waals surface area contributed by atoms with Gasteiger partial charge in [-0.1, -0.05) is 44.2 Å². The van der Waals surface area contributed by atoms with Gasteiger partial charge in [0.05, 0.1) is 12.0 Å². The molecular weight excluding hydrogens is 606 g/mol. The summed E-state index contributed by atoms with van der Waals surface area (Å²) in [5, 5.41) is 17.1. The lowest BCUT2D eigenvalue weighted by Crippen LogP contribution is -2.57. The van der Waals surface area contributed by atoms with Crippen LogP contribution in [0, 0.1) is 5.92 Å². The standard InChI is InChI=1S/C31H49N5O6S.ClH/c1-24(2)23-36(43(40,41)28-16-14-27(42-5)15-17-28)31(39,22-26-11-7-6-8-12-26)19-21-35(34-30(38)18-20-33-4)25(3)10-9-13-29(32)37;/h6-8,11-12,14-17,24-25,33,39H,9-10,13,18-23H2,1-5H3,(H2,32,37)(H,34,38);1H. The van der Waals surface area contributed by atoms with Gasteiger partial charge in [0, 0.05) is 51.4 Å². The van der Waals surface area contributed by atoms with E-state index in [9.17, 15) is 23.1 Å². The van der Waals surface area contributed by atoms with Crippen molar-refractivity contribution in [2.45, 2.75) is 76.0 Å². The van der Waals surface area contributed by atoms with Gasteiger partial charge in [-0.3, -0.25) is 15.0 Å². The van der Waals surface area contributed by atoms with E-state index in [0.717, 1.165) is 5.56 Å². The Morgan fingerprint density at radius 3 is 2.23 bits per heavy atom. The van der Waals surface area contributed by atoms with E-state index < -0.39 is 21.7 Å². The van der Waals surface area contributed by atoms with Crippen LogP contribution in [0.25, 0.3) is 0 Å². The number of hydrazine groups is 1. The van der Waals surface area contributed by atoms with Crippen LogP contribution in [0.1, 0.15) is 58.4 Å². The van der Waals surface area contributed by atoms with Gasteiger partial charge >= 0.3 is 0 Å². The summed E-state index contributed by atoms with van der Waals surface area (Å²) >= 11 is 0. The van der Waals surface area contributed by atoms with Crippen molar-refractivity contribution >= 4 is 34.2 Å². The fourth-order valence-corrected chi connectivity index (χ4v) is 6.62. The Morgan fingerprint density at radius 1 is 1.05 bits per heavy atom. The number of carbonyl (C=O) groups excluding carboxylic acids is 2. The number of methoxy groups -OCH3 is 1. The van der Waals surface area contributed by atoms with Crippen molar-refractivity contribution in [3.63, 3.8) is 0 Å². The second-order valence-corrected chi connectivity index (χ2v) is 13.2. The molecule has 2 amide bonds. The molecule has 2 aromatic rings. The molecule has 0 saturated carbocycles. The van der Waals surface area contributed by atoms with Crippen LogP contribution in [0.5, 0.6) is 5.75 Å². The number of primary amides is 1. The Hall–Kier alpha value is -2.74. The summed E-state index contributed by atoms with van der Waals surface area (Å²) < 4.78 is 34.8. The molecule has 13 heteroatoms. The number of aliphatic hydroxyl groups is 1. The molecule has 2 rings (SSSR count). The summed E-state index contributed by atoms with van der Waals surface area (Å²) in [5.74, 6) is -0.195. The van der Waals surface area contributed by atoms with Crippen LogP contribution in [0.4, 0.5) is 0 Å². The predicted octanol–water partition coefficient (Wildman–Crippen LogP) is 3.07. The van der Waals surface area contributed by atoms with E-state index in [0.29, 0.717) is 25.1 Å². The number of nitrogens with one attached hydrogen (secondary N) is 2. The van der Waals surface area contributed by atoms with E-state index in [1.807, 2.05) is 51.1 Å². The minimum Gasteiger partial charge on any atom is -0.497 e. The van der Waals surface area contributed by atoms with E-state index in [4.69, 9.17) is 10.5 Å². The average Bonchev–Trinajstić information content (AvgIpc) is 2.97. The summed E-state index contributed by atoms with van der Waals surface area (Å²) in [7, 11) is -0.900. The molecule has 0 spiro atoms. The van der Waals surface area contributed by atoms with Gasteiger partial charge in [0.2, 0.25) is 21.8 Å². The third-order valence-corrected chi connectivity index (χ3v) is 9.11. The van der Waals surface area contributed by atoms with Gasteiger partial charge < -0.3 is 20.9 Å². The van der Waals surface area contributed by atoms with Gasteiger partial charge in [-0.2, -0.15) is 4.31 Å². The number of hydrogen-bond donors (Lipinski definition) is 4. The molecular formula is C31H50ClN5O6S. The van der Waals surface area contributed by atoms with E-state index in [1.165, 1.54) is 23.5 Å². The lowest BCUT2D eigenvalue weighted by molar-refractivity contribution is -0.129. The average molecular weight is 656 g/mol. The zero-order valence-electron chi connectivity index (χ0n) is 26.5. The number of nitrogens with zero attached hydrogens (tertiary/aromatic N) is 2. The lowest BCUT2D eigenvalue weighted by atomic mass is 9.98. The van der Waals surface area contributed by atoms with Crippen molar-refractivity contribution < 1.29 is 27.9 Å². The van der Waals surface area contributed by atoms with Gasteiger partial charge in [-0.15, -0.1) is 12.4 Å². The van der Waals surface area contributed by atoms with Crippen molar-refractivity contribution in [1.29, 1.82) is 0 Å². The van der Waals surface area contributed by atoms with Crippen molar-refractivity contribution in [1.82, 2.24) is 20.1 Å². The topological polar surface area (TPSA) is 154 Å². The van der Waals surface area contributed by atoms with Crippen LogP contribution in [0.15, 0.2) is 59.5 Å². The highest BCUT2D eigenvalue weighted by Crippen LogP contribution is 2.31. The molecule has 0 aromatic heterocycles. The molecule has 0 radical (unpaired) electrons. The van der Waals surface area contributed by atoms with Crippen molar-refractivity contribution in [3.05, 3.63) is 60.2 Å². The maximum absolute atomic E-state index is 14.2. The van der Waals surface area contributed by atoms with Gasteiger partial charge in [0.25, 0.3) is 0 Å². The predicted molar refractivity (Wildman–Crippen MR) is 175 cm³/mol. The molecule has 0 aliphatic heterocycles. The first-order valence-electron chi connectivity index (χ1n) is 14.7. The fraction of sp³-hybridized carbons (Fsp3) is 0.548. The molecule has 2 aromatic carbocycles. The number of nitrogens with two attached hydrogens (primary N) is 1. The number of amides is 2. The molecule has 0 bridgehead atoms. The summed E-state index contributed by atoms with van der Waals surface area (Å²) in [5.41, 5.74) is 7.18. The first-order valence-corrected chi connectivity index (χ1v) is 16.2. The minimum absolute atomic E-state index is 0. The van der Waals surface area contributed by atoms with Crippen LogP contribution in [-0.4, -0.2) is 80.2 Å². The van der Waals surface area contributed by atoms with Crippen LogP contribution >= 0.6 is 12.4 Å². The number of hydrogen-bond acceptors (Lipinski definition) is 8. The number of rotatable bonds is 20. The summed E-state index contributed by atoms with van der Waals surface area (Å²) in [4.78, 5) is 24.1. The maximum atomic E-state index is 14.2. The Labute approximate surface area is 268 Å². The molecule has 0 fully saturated rings. The summed E-state index contributed by atoms with van der Waals surface area (Å²) in [6, 6.07) is 15.1. The number of sulfonamides is 1. The third-order valence-electron chi connectivity index (χ3n) is 7.17. The molecule has 2 unspecified atom stereocenters. The van der Waals surface area contributed by atoms with Crippen molar-refractivity contribution in [3.8, 4) is 5.75 Å². The van der Waals surface area contributed by atoms with E-state index in [2.05, 4.69) is 10.7 Å². The molecule has 44 heavy (non-hydrogen) atoms. The molecule has 0 heterocycles. The quantitative estimate of drug-likeness (QED) is 0.125. The number of benzene rings is 2. The zero-order chi connectivity index (χ0) is 32.0. The van der Waals surface area contributed by atoms with Gasteiger partial charge in [-0.25, -0.2) is 13.4 Å². The van der Waals surface area contributed by atoms with Crippen molar-refractivity contribution in [2.75, 3.05) is 33.8 Å². The Balaban J connectivity index is 0.00000968. The Bertz CT molecular complexity index is 1250. The highest BCUT2D eigenvalue weighted by Gasteiger charge is 2.43. The number of carbonyl (C=O) groups is 2. The normalized spacial score (nSPS) is 13.8. The summed E-state index contributed by atoms with van der Waals surface area (Å²) in [6.07, 6.45) is 1.57. The van der Waals surface area contributed by atoms with Gasteiger partial charge in [0.15, 0.2) is 0 Å². The molecule has 0 saturated heterocycles. The van der Waals surface area contributed by atoms with E-state index in [-0.39, 0.29) is 73.9 Å². The molecule has 2 atom stereocenters. The third kappa shape index (κ3) is 12.3. The van der Waals surface area contributed by atoms with E-state index in [1.54, 1.807) is 24.2 Å². The number of ether oxygens (including phenoxy) is 1. The van der Waals surface area contributed by atoms with Gasteiger partial charge in [-0.05, 0) is 62.6 Å². The lowest BCUT2D eigenvalue weighted by Gasteiger charge is -2.41. The van der Waals surface area contributed by atoms with Gasteiger partial charge in [0.1, 0.15) is 11.5 Å². The van der Waals surface area contributed by atoms with Crippen LogP contribution in [0.3, 0.4) is 0 Å². The van der Waals surface area contributed by atoms with E-state index >= 15 is 0 Å². The molecule has 5 N–H and O–H groups in total. The monoisotopic (exact) mass is 655 g/mol. The fourth-order valence-electron chi connectivity index (χ4n) is 4.79. The molecule has 248 valence electrons. The molecule has 11 nitrogen and oxygen atoms in total. The first-order chi connectivity index (χ1) is 20.3. The van der Waals surface area contributed by atoms with Crippen LogP contribution in [-0.2, 0) is 26.0 Å². The first kappa shape index (κ1) is 39.3. The highest BCUT2D eigenvalue weighted by atomic mass is 35.5. The molecule has 0 aliphatic rings. The number of halogens is 1. The highest BCUT2D eigenvalue weighted by molar-refractivity contribution is 7.89. The smallest absolute Gasteiger partial charge is 0.245 e.